The number of nitrogens with zero attached hydrogens (tertiary/aromatic N) is 2. The molecule has 0 aliphatic rings. The maximum atomic E-state index is 9.09. The van der Waals surface area contributed by atoms with Gasteiger partial charge < -0.3 is 14.8 Å². The van der Waals surface area contributed by atoms with Gasteiger partial charge in [-0.05, 0) is 12.1 Å². The first-order valence-electron chi connectivity index (χ1n) is 7.46. The summed E-state index contributed by atoms with van der Waals surface area (Å²) in [7, 11) is 0. The van der Waals surface area contributed by atoms with Crippen LogP contribution in [-0.4, -0.2) is 28.2 Å². The van der Waals surface area contributed by atoms with Crippen molar-refractivity contribution in [3.05, 3.63) is 54.6 Å². The number of aromatic nitrogens is 2. The Morgan fingerprint density at radius 3 is 2.50 bits per heavy atom. The normalized spacial score (nSPS) is 10.7. The lowest BCUT2D eigenvalue weighted by molar-refractivity contribution is 0.311. The fraction of sp³-hybridized carbons (Fsp3) is 0.111. The van der Waals surface area contributed by atoms with Gasteiger partial charge in [0.1, 0.15) is 11.1 Å². The summed E-state index contributed by atoms with van der Waals surface area (Å²) in [6.07, 6.45) is 0. The van der Waals surface area contributed by atoms with E-state index in [0.717, 1.165) is 22.0 Å². The lowest BCUT2D eigenvalue weighted by Crippen LogP contribution is -2.08. The molecule has 6 heteroatoms. The summed E-state index contributed by atoms with van der Waals surface area (Å²) in [6, 6.07) is 17.6. The van der Waals surface area contributed by atoms with E-state index in [2.05, 4.69) is 10.3 Å². The van der Waals surface area contributed by atoms with Gasteiger partial charge in [0.2, 0.25) is 0 Å². The molecule has 2 N–H and O–H groups in total. The molecule has 0 bridgehead atoms. The van der Waals surface area contributed by atoms with Crippen LogP contribution in [0.25, 0.3) is 33.5 Å². The summed E-state index contributed by atoms with van der Waals surface area (Å²) in [5, 5.41) is 13.2. The predicted molar refractivity (Wildman–Crippen MR) is 97.6 cm³/mol. The number of hydrogen-bond donors (Lipinski definition) is 2. The maximum Gasteiger partial charge on any atom is 0.196 e. The van der Waals surface area contributed by atoms with Crippen LogP contribution in [0, 0.1) is 0 Å². The van der Waals surface area contributed by atoms with Crippen LogP contribution in [0.2, 0.25) is 0 Å². The summed E-state index contributed by atoms with van der Waals surface area (Å²) >= 11 is 0. The van der Waals surface area contributed by atoms with E-state index >= 15 is 0 Å². The van der Waals surface area contributed by atoms with Crippen LogP contribution < -0.4 is 5.32 Å². The number of para-hydroxylation sites is 1. The Morgan fingerprint density at radius 1 is 0.958 bits per heavy atom. The van der Waals surface area contributed by atoms with Crippen molar-refractivity contribution in [3.63, 3.8) is 0 Å². The van der Waals surface area contributed by atoms with E-state index in [4.69, 9.17) is 14.5 Å². The number of anilines is 1. The van der Waals surface area contributed by atoms with Gasteiger partial charge in [0.25, 0.3) is 0 Å². The van der Waals surface area contributed by atoms with Crippen LogP contribution in [0.4, 0.5) is 5.82 Å². The first kappa shape index (κ1) is 16.2. The number of fused-ring (bicyclic) bond motifs is 3. The van der Waals surface area contributed by atoms with Crippen LogP contribution in [0.1, 0.15) is 0 Å². The van der Waals surface area contributed by atoms with Gasteiger partial charge in [-0.2, -0.15) is 0 Å². The van der Waals surface area contributed by atoms with E-state index < -0.39 is 0 Å². The van der Waals surface area contributed by atoms with Crippen molar-refractivity contribution >= 4 is 40.3 Å². The average molecular weight is 342 g/mol. The first-order valence-corrected chi connectivity index (χ1v) is 7.46. The molecule has 5 nitrogen and oxygen atoms in total. The number of rotatable bonds is 4. The molecule has 0 atom stereocenters. The number of benzene rings is 2. The Hall–Kier alpha value is -2.63. The second-order valence-electron chi connectivity index (χ2n) is 5.19. The van der Waals surface area contributed by atoms with E-state index in [1.807, 2.05) is 54.6 Å². The highest BCUT2D eigenvalue weighted by Crippen LogP contribution is 2.32. The average Bonchev–Trinajstić information content (AvgIpc) is 2.99. The molecule has 0 radical (unpaired) electrons. The summed E-state index contributed by atoms with van der Waals surface area (Å²) in [5.41, 5.74) is 3.09. The quantitative estimate of drug-likeness (QED) is 0.589. The number of halogens is 1. The zero-order valence-corrected chi connectivity index (χ0v) is 13.6. The highest BCUT2D eigenvalue weighted by atomic mass is 35.5. The number of furan rings is 1. The Bertz CT molecular complexity index is 970. The molecular formula is C18H16ClN3O2. The summed E-state index contributed by atoms with van der Waals surface area (Å²) < 4.78 is 5.90. The Balaban J connectivity index is 0.00000169. The van der Waals surface area contributed by atoms with E-state index in [1.54, 1.807) is 0 Å². The molecule has 0 saturated carbocycles. The Morgan fingerprint density at radius 2 is 1.71 bits per heavy atom. The minimum Gasteiger partial charge on any atom is -0.450 e. The van der Waals surface area contributed by atoms with E-state index in [1.165, 1.54) is 0 Å². The number of aliphatic hydroxyl groups excluding tert-OH is 1. The molecule has 4 rings (SSSR count). The molecule has 0 saturated heterocycles. The smallest absolute Gasteiger partial charge is 0.196 e. The van der Waals surface area contributed by atoms with Crippen molar-refractivity contribution in [2.45, 2.75) is 0 Å². The van der Waals surface area contributed by atoms with Crippen molar-refractivity contribution in [1.29, 1.82) is 0 Å². The van der Waals surface area contributed by atoms with Crippen LogP contribution in [0.3, 0.4) is 0 Å². The van der Waals surface area contributed by atoms with Gasteiger partial charge >= 0.3 is 0 Å². The van der Waals surface area contributed by atoms with Gasteiger partial charge in [-0.25, -0.2) is 9.97 Å². The fourth-order valence-corrected chi connectivity index (χ4v) is 2.60. The van der Waals surface area contributed by atoms with Crippen LogP contribution in [-0.2, 0) is 0 Å². The summed E-state index contributed by atoms with van der Waals surface area (Å²) in [5.74, 6) is 1.23. The monoisotopic (exact) mass is 341 g/mol. The third kappa shape index (κ3) is 2.79. The topological polar surface area (TPSA) is 71.2 Å². The van der Waals surface area contributed by atoms with Gasteiger partial charge in [-0.15, -0.1) is 12.4 Å². The largest absolute Gasteiger partial charge is 0.450 e. The molecule has 24 heavy (non-hydrogen) atoms. The molecule has 2 aromatic carbocycles. The van der Waals surface area contributed by atoms with Gasteiger partial charge in [-0.1, -0.05) is 42.5 Å². The zero-order valence-electron chi connectivity index (χ0n) is 12.8. The molecular weight excluding hydrogens is 326 g/mol. The molecule has 2 aromatic heterocycles. The molecule has 0 spiro atoms. The van der Waals surface area contributed by atoms with Crippen molar-refractivity contribution in [2.75, 3.05) is 18.5 Å². The molecule has 2 heterocycles. The van der Waals surface area contributed by atoms with Crippen molar-refractivity contribution in [1.82, 2.24) is 9.97 Å². The minimum atomic E-state index is 0. The van der Waals surface area contributed by atoms with E-state index in [-0.39, 0.29) is 19.0 Å². The van der Waals surface area contributed by atoms with E-state index in [0.29, 0.717) is 23.8 Å². The van der Waals surface area contributed by atoms with E-state index in [9.17, 15) is 0 Å². The minimum absolute atomic E-state index is 0. The number of aliphatic hydroxyl groups is 1. The highest BCUT2D eigenvalue weighted by molar-refractivity contribution is 6.06. The fourth-order valence-electron chi connectivity index (χ4n) is 2.60. The molecule has 0 unspecified atom stereocenters. The third-order valence-corrected chi connectivity index (χ3v) is 3.66. The molecule has 4 aromatic rings. The third-order valence-electron chi connectivity index (χ3n) is 3.66. The zero-order chi connectivity index (χ0) is 15.6. The second-order valence-corrected chi connectivity index (χ2v) is 5.19. The van der Waals surface area contributed by atoms with Crippen molar-refractivity contribution < 1.29 is 9.52 Å². The SMILES string of the molecule is Cl.OCCNc1nc(-c2ccccc2)nc2c1oc1ccccc12. The van der Waals surface area contributed by atoms with Crippen LogP contribution >= 0.6 is 12.4 Å². The summed E-state index contributed by atoms with van der Waals surface area (Å²) in [4.78, 5) is 9.27. The van der Waals surface area contributed by atoms with Gasteiger partial charge in [0.15, 0.2) is 17.2 Å². The number of nitrogens with one attached hydrogen (secondary N) is 1. The molecule has 0 fully saturated rings. The predicted octanol–water partition coefficient (Wildman–Crippen LogP) is 3.87. The first-order chi connectivity index (χ1) is 11.4. The second kappa shape index (κ2) is 6.86. The lowest BCUT2D eigenvalue weighted by Gasteiger charge is -2.07. The Labute approximate surface area is 144 Å². The molecule has 122 valence electrons. The van der Waals surface area contributed by atoms with Gasteiger partial charge in [0.05, 0.1) is 6.61 Å². The molecule has 0 amide bonds. The van der Waals surface area contributed by atoms with Crippen LogP contribution in [0.15, 0.2) is 59.0 Å². The molecule has 0 aliphatic heterocycles. The van der Waals surface area contributed by atoms with Gasteiger partial charge in [-0.3, -0.25) is 0 Å². The standard InChI is InChI=1S/C18H15N3O2.ClH/c22-11-10-19-18-16-15(13-8-4-5-9-14(13)23-16)20-17(21-18)12-6-2-1-3-7-12;/h1-9,22H,10-11H2,(H,19,20,21);1H. The maximum absolute atomic E-state index is 9.09. The lowest BCUT2D eigenvalue weighted by atomic mass is 10.2. The molecule has 0 aliphatic carbocycles. The Kier molecular flexibility index (Phi) is 4.64. The number of hydrogen-bond acceptors (Lipinski definition) is 5. The van der Waals surface area contributed by atoms with Crippen LogP contribution in [0.5, 0.6) is 0 Å². The van der Waals surface area contributed by atoms with Crippen molar-refractivity contribution in [2.24, 2.45) is 0 Å². The van der Waals surface area contributed by atoms with Crippen molar-refractivity contribution in [3.8, 4) is 11.4 Å². The summed E-state index contributed by atoms with van der Waals surface area (Å²) in [6.45, 7) is 0.420. The highest BCUT2D eigenvalue weighted by Gasteiger charge is 2.16. The van der Waals surface area contributed by atoms with Gasteiger partial charge in [0, 0.05) is 17.5 Å².